The molecule has 1 fully saturated rings. The smallest absolute Gasteiger partial charge is 0.399 e. The van der Waals surface area contributed by atoms with Gasteiger partial charge >= 0.3 is 11.9 Å². The average Bonchev–Trinajstić information content (AvgIpc) is 2.48. The molecule has 2 aliphatic heterocycles. The fourth-order valence-corrected chi connectivity index (χ4v) is 2.74. The number of rotatable bonds is 2. The van der Waals surface area contributed by atoms with Gasteiger partial charge in [-0.1, -0.05) is 35.2 Å². The highest BCUT2D eigenvalue weighted by Crippen LogP contribution is 2.41. The zero-order valence-corrected chi connectivity index (χ0v) is 11.0. The van der Waals surface area contributed by atoms with Crippen LogP contribution in [0.15, 0.2) is 34.9 Å². The van der Waals surface area contributed by atoms with Crippen LogP contribution in [0.3, 0.4) is 0 Å². The van der Waals surface area contributed by atoms with Crippen LogP contribution in [0.5, 0.6) is 0 Å². The van der Waals surface area contributed by atoms with Gasteiger partial charge in [-0.25, -0.2) is 4.79 Å². The minimum atomic E-state index is -1.04. The predicted molar refractivity (Wildman–Crippen MR) is 66.1 cm³/mol. The summed E-state index contributed by atoms with van der Waals surface area (Å²) in [7, 11) is 0. The van der Waals surface area contributed by atoms with Gasteiger partial charge in [0.1, 0.15) is 0 Å². The van der Waals surface area contributed by atoms with Gasteiger partial charge < -0.3 is 4.74 Å². The maximum absolute atomic E-state index is 11.6. The van der Waals surface area contributed by atoms with E-state index < -0.39 is 17.6 Å². The van der Waals surface area contributed by atoms with Crippen molar-refractivity contribution in [3.8, 4) is 0 Å². The number of ether oxygens (including phenoxy) is 1. The second-order valence-corrected chi connectivity index (χ2v) is 5.04. The van der Waals surface area contributed by atoms with Gasteiger partial charge in [0.15, 0.2) is 0 Å². The fraction of sp³-hybridized carbons (Fsp3) is 0.333. The van der Waals surface area contributed by atoms with E-state index in [9.17, 15) is 9.59 Å². The summed E-state index contributed by atoms with van der Waals surface area (Å²) in [5.41, 5.74) is 0.603. The van der Waals surface area contributed by atoms with Gasteiger partial charge in [-0.05, 0) is 18.9 Å². The fourth-order valence-electron chi connectivity index (χ4n) is 2.33. The number of fused-ring (bicyclic) bond motifs is 1. The van der Waals surface area contributed by atoms with E-state index in [4.69, 9.17) is 4.74 Å². The molecule has 1 unspecified atom stereocenters. The van der Waals surface area contributed by atoms with E-state index in [2.05, 4.69) is 29.1 Å². The van der Waals surface area contributed by atoms with Crippen molar-refractivity contribution in [2.75, 3.05) is 6.54 Å². The van der Waals surface area contributed by atoms with Crippen LogP contribution in [0.4, 0.5) is 0 Å². The lowest BCUT2D eigenvalue weighted by Crippen LogP contribution is -2.49. The highest BCUT2D eigenvalue weighted by molar-refractivity contribution is 9.11. The van der Waals surface area contributed by atoms with E-state index in [0.29, 0.717) is 18.5 Å². The average molecular weight is 298 g/mol. The van der Waals surface area contributed by atoms with E-state index in [1.165, 1.54) is 4.90 Å². The third kappa shape index (κ3) is 1.57. The topological polar surface area (TPSA) is 46.6 Å². The van der Waals surface area contributed by atoms with Gasteiger partial charge in [0.25, 0.3) is 0 Å². The third-order valence-corrected chi connectivity index (χ3v) is 3.65. The van der Waals surface area contributed by atoms with Crippen molar-refractivity contribution < 1.29 is 14.3 Å². The maximum Gasteiger partial charge on any atom is 0.399 e. The third-order valence-electron chi connectivity index (χ3n) is 3.17. The standard InChI is InChI=1S/C12H12BrNO3/c1-4-9-8(7(2)13)5-6-14-10(15)11(16)17-12(9,14)3/h4H,1-2,5-6H2,3H3. The van der Waals surface area contributed by atoms with Crippen molar-refractivity contribution in [1.82, 2.24) is 4.90 Å². The molecule has 0 aromatic rings. The SMILES string of the molecule is C=CC1=C(C(=C)Br)CCN2C(=O)C(=O)OC12C. The van der Waals surface area contributed by atoms with Crippen molar-refractivity contribution >= 4 is 27.8 Å². The molecule has 2 rings (SSSR count). The molecule has 0 radical (unpaired) electrons. The Balaban J connectivity index is 2.58. The first kappa shape index (κ1) is 12.1. The zero-order chi connectivity index (χ0) is 12.8. The van der Waals surface area contributed by atoms with Crippen LogP contribution in [0, 0.1) is 0 Å². The molecule has 0 N–H and O–H groups in total. The van der Waals surface area contributed by atoms with Crippen LogP contribution in [0.25, 0.3) is 0 Å². The molecule has 2 aliphatic rings. The summed E-state index contributed by atoms with van der Waals surface area (Å²) in [6.07, 6.45) is 2.24. The van der Waals surface area contributed by atoms with Crippen LogP contribution in [0.1, 0.15) is 13.3 Å². The van der Waals surface area contributed by atoms with Gasteiger partial charge in [0.05, 0.1) is 0 Å². The number of allylic oxidation sites excluding steroid dienone is 1. The summed E-state index contributed by atoms with van der Waals surface area (Å²) in [5.74, 6) is -1.40. The molecule has 4 nitrogen and oxygen atoms in total. The highest BCUT2D eigenvalue weighted by atomic mass is 79.9. The van der Waals surface area contributed by atoms with Crippen LogP contribution in [-0.4, -0.2) is 29.0 Å². The van der Waals surface area contributed by atoms with Gasteiger partial charge in [-0.15, -0.1) is 0 Å². The summed E-state index contributed by atoms with van der Waals surface area (Å²) in [6, 6.07) is 0. The second-order valence-electron chi connectivity index (χ2n) is 4.08. The first-order valence-electron chi connectivity index (χ1n) is 5.17. The van der Waals surface area contributed by atoms with Gasteiger partial charge in [0, 0.05) is 16.6 Å². The Morgan fingerprint density at radius 2 is 2.24 bits per heavy atom. The molecular weight excluding hydrogens is 286 g/mol. The molecule has 0 aromatic heterocycles. The summed E-state index contributed by atoms with van der Waals surface area (Å²) < 4.78 is 5.92. The van der Waals surface area contributed by atoms with E-state index in [-0.39, 0.29) is 0 Å². The monoisotopic (exact) mass is 297 g/mol. The van der Waals surface area contributed by atoms with Crippen molar-refractivity contribution in [2.45, 2.75) is 19.1 Å². The summed E-state index contributed by atoms with van der Waals surface area (Å²) in [4.78, 5) is 24.5. The first-order valence-corrected chi connectivity index (χ1v) is 5.97. The molecule has 17 heavy (non-hydrogen) atoms. The molecule has 0 aliphatic carbocycles. The van der Waals surface area contributed by atoms with Gasteiger partial charge in [0.2, 0.25) is 5.72 Å². The Labute approximate surface area is 108 Å². The molecule has 0 bridgehead atoms. The number of nitrogens with zero attached hydrogens (tertiary/aromatic N) is 1. The Morgan fingerprint density at radius 3 is 2.76 bits per heavy atom. The molecule has 90 valence electrons. The Kier molecular flexibility index (Phi) is 2.73. The van der Waals surface area contributed by atoms with Crippen molar-refractivity contribution in [1.29, 1.82) is 0 Å². The lowest BCUT2D eigenvalue weighted by atomic mass is 9.91. The largest absolute Gasteiger partial charge is 0.428 e. The van der Waals surface area contributed by atoms with Gasteiger partial charge in [-0.3, -0.25) is 9.69 Å². The minimum Gasteiger partial charge on any atom is -0.428 e. The maximum atomic E-state index is 11.6. The number of carbonyl (C=O) groups is 2. The van der Waals surface area contributed by atoms with Crippen molar-refractivity contribution in [3.05, 3.63) is 34.9 Å². The molecular formula is C12H12BrNO3. The van der Waals surface area contributed by atoms with E-state index in [1.807, 2.05) is 0 Å². The summed E-state index contributed by atoms with van der Waals surface area (Å²) in [5, 5.41) is 0. The molecule has 1 atom stereocenters. The molecule has 0 aromatic carbocycles. The van der Waals surface area contributed by atoms with Crippen molar-refractivity contribution in [2.24, 2.45) is 0 Å². The Bertz CT molecular complexity index is 480. The predicted octanol–water partition coefficient (Wildman–Crippen LogP) is 1.88. The van der Waals surface area contributed by atoms with E-state index in [1.54, 1.807) is 13.0 Å². The van der Waals surface area contributed by atoms with Crippen LogP contribution >= 0.6 is 15.9 Å². The zero-order valence-electron chi connectivity index (χ0n) is 9.46. The second kappa shape index (κ2) is 3.84. The van der Waals surface area contributed by atoms with Crippen LogP contribution < -0.4 is 0 Å². The lowest BCUT2D eigenvalue weighted by Gasteiger charge is -2.38. The molecule has 0 spiro atoms. The first-order chi connectivity index (χ1) is 7.91. The van der Waals surface area contributed by atoms with Crippen LogP contribution in [0.2, 0.25) is 0 Å². The molecule has 1 saturated heterocycles. The van der Waals surface area contributed by atoms with E-state index >= 15 is 0 Å². The number of halogens is 1. The highest BCUT2D eigenvalue weighted by Gasteiger charge is 2.53. The lowest BCUT2D eigenvalue weighted by molar-refractivity contribution is -0.151. The Hall–Kier alpha value is -1.36. The van der Waals surface area contributed by atoms with Gasteiger partial charge in [-0.2, -0.15) is 0 Å². The summed E-state index contributed by atoms with van der Waals surface area (Å²) >= 11 is 3.32. The number of amides is 1. The number of carbonyl (C=O) groups excluding carboxylic acids is 2. The number of esters is 1. The molecule has 0 saturated carbocycles. The van der Waals surface area contributed by atoms with E-state index in [0.717, 1.165) is 10.1 Å². The number of hydrogen-bond acceptors (Lipinski definition) is 3. The number of hydrogen-bond donors (Lipinski definition) is 0. The normalized spacial score (nSPS) is 28.0. The quantitative estimate of drug-likeness (QED) is 0.577. The minimum absolute atomic E-state index is 0.443. The molecule has 1 amide bonds. The van der Waals surface area contributed by atoms with Crippen molar-refractivity contribution in [3.63, 3.8) is 0 Å². The molecule has 2 heterocycles. The van der Waals surface area contributed by atoms with Crippen LogP contribution in [-0.2, 0) is 14.3 Å². The Morgan fingerprint density at radius 1 is 1.59 bits per heavy atom. The summed E-state index contributed by atoms with van der Waals surface area (Å²) in [6.45, 7) is 9.69. The molecule has 5 heteroatoms.